The fraction of sp³-hybridized carbons (Fsp3) is 0.471. The number of aromatic nitrogens is 1. The van der Waals surface area contributed by atoms with Crippen molar-refractivity contribution in [3.05, 3.63) is 36.0 Å². The molecule has 0 radical (unpaired) electrons. The minimum Gasteiger partial charge on any atom is -0.490 e. The van der Waals surface area contributed by atoms with Crippen molar-refractivity contribution in [2.75, 3.05) is 0 Å². The number of hydrogen-bond donors (Lipinski definition) is 1. The van der Waals surface area contributed by atoms with E-state index >= 15 is 0 Å². The number of pyridine rings is 1. The van der Waals surface area contributed by atoms with Crippen LogP contribution >= 0.6 is 0 Å². The number of rotatable bonds is 4. The molecule has 0 amide bonds. The first-order chi connectivity index (χ1) is 9.35. The zero-order valence-corrected chi connectivity index (χ0v) is 13.0. The van der Waals surface area contributed by atoms with Crippen molar-refractivity contribution in [1.29, 1.82) is 0 Å². The third-order valence-electron chi connectivity index (χ3n) is 2.89. The molecule has 1 heterocycles. The Balaban J connectivity index is 2.36. The van der Waals surface area contributed by atoms with Gasteiger partial charge in [-0.25, -0.2) is 0 Å². The molecule has 1 aromatic heterocycles. The summed E-state index contributed by atoms with van der Waals surface area (Å²) in [6.45, 7) is 11.3. The molecule has 0 spiro atoms. The fourth-order valence-corrected chi connectivity index (χ4v) is 1.99. The molecule has 1 N–H and O–H groups in total. The summed E-state index contributed by atoms with van der Waals surface area (Å²) < 4.78 is 5.93. The van der Waals surface area contributed by atoms with Gasteiger partial charge in [0.1, 0.15) is 5.75 Å². The minimum atomic E-state index is 0.0758. The Hall–Kier alpha value is -1.61. The third-order valence-corrected chi connectivity index (χ3v) is 2.89. The van der Waals surface area contributed by atoms with Gasteiger partial charge in [0.15, 0.2) is 0 Å². The van der Waals surface area contributed by atoms with E-state index in [1.807, 2.05) is 38.1 Å². The van der Waals surface area contributed by atoms with E-state index in [1.165, 1.54) is 0 Å². The molecule has 0 fully saturated rings. The normalized spacial score (nSPS) is 12.1. The lowest BCUT2D eigenvalue weighted by Crippen LogP contribution is -2.35. The molecule has 0 aliphatic carbocycles. The fourth-order valence-electron chi connectivity index (χ4n) is 1.99. The van der Waals surface area contributed by atoms with E-state index in [1.54, 1.807) is 0 Å². The Morgan fingerprint density at radius 2 is 1.90 bits per heavy atom. The second-order valence-corrected chi connectivity index (χ2v) is 6.40. The molecule has 3 heteroatoms. The largest absolute Gasteiger partial charge is 0.490 e. The predicted octanol–water partition coefficient (Wildman–Crippen LogP) is 3.91. The number of para-hydroxylation sites is 1. The van der Waals surface area contributed by atoms with Gasteiger partial charge in [0, 0.05) is 23.5 Å². The highest BCUT2D eigenvalue weighted by Crippen LogP contribution is 2.26. The molecule has 0 atom stereocenters. The Kier molecular flexibility index (Phi) is 4.29. The highest BCUT2D eigenvalue weighted by atomic mass is 16.5. The van der Waals surface area contributed by atoms with E-state index in [4.69, 9.17) is 9.72 Å². The molecule has 1 aromatic carbocycles. The average molecular weight is 272 g/mol. The summed E-state index contributed by atoms with van der Waals surface area (Å²) in [4.78, 5) is 4.70. The number of fused-ring (bicyclic) bond motifs is 1. The molecule has 108 valence electrons. The van der Waals surface area contributed by atoms with Crippen molar-refractivity contribution in [3.63, 3.8) is 0 Å². The van der Waals surface area contributed by atoms with Crippen LogP contribution < -0.4 is 10.1 Å². The van der Waals surface area contributed by atoms with E-state index in [-0.39, 0.29) is 11.6 Å². The van der Waals surface area contributed by atoms with Gasteiger partial charge in [-0.1, -0.05) is 12.1 Å². The van der Waals surface area contributed by atoms with Gasteiger partial charge in [-0.15, -0.1) is 0 Å². The lowest BCUT2D eigenvalue weighted by Gasteiger charge is -2.21. The molecular formula is C17H24N2O. The molecule has 3 nitrogen and oxygen atoms in total. The number of ether oxygens (including phenoxy) is 1. The highest BCUT2D eigenvalue weighted by molar-refractivity contribution is 5.85. The summed E-state index contributed by atoms with van der Waals surface area (Å²) in [7, 11) is 0. The van der Waals surface area contributed by atoms with Gasteiger partial charge in [-0.2, -0.15) is 0 Å². The Morgan fingerprint density at radius 3 is 2.55 bits per heavy atom. The second kappa shape index (κ2) is 5.80. The maximum Gasteiger partial charge on any atom is 0.130 e. The number of nitrogens with one attached hydrogen (secondary N) is 1. The predicted molar refractivity (Wildman–Crippen MR) is 84.1 cm³/mol. The zero-order chi connectivity index (χ0) is 14.8. The van der Waals surface area contributed by atoms with Crippen molar-refractivity contribution in [2.45, 2.75) is 52.8 Å². The molecule has 2 rings (SSSR count). The Morgan fingerprint density at radius 1 is 1.20 bits per heavy atom. The third kappa shape index (κ3) is 3.94. The molecule has 2 aromatic rings. The standard InChI is InChI=1S/C17H24N2O/c1-12(2)20-16-10-13(11-18-17(3,4)5)19-15-9-7-6-8-14(15)16/h6-10,12,18H,11H2,1-5H3. The van der Waals surface area contributed by atoms with E-state index < -0.39 is 0 Å². The number of hydrogen-bond acceptors (Lipinski definition) is 3. The van der Waals surface area contributed by atoms with Gasteiger partial charge in [0.25, 0.3) is 0 Å². The first-order valence-corrected chi connectivity index (χ1v) is 7.15. The van der Waals surface area contributed by atoms with Crippen molar-refractivity contribution in [2.24, 2.45) is 0 Å². The van der Waals surface area contributed by atoms with Crippen LogP contribution in [0.3, 0.4) is 0 Å². The van der Waals surface area contributed by atoms with Crippen LogP contribution in [0.4, 0.5) is 0 Å². The first-order valence-electron chi connectivity index (χ1n) is 7.15. The van der Waals surface area contributed by atoms with Crippen LogP contribution in [0.2, 0.25) is 0 Å². The summed E-state index contributed by atoms with van der Waals surface area (Å²) in [5.74, 6) is 0.913. The summed E-state index contributed by atoms with van der Waals surface area (Å²) in [6.07, 6.45) is 0.157. The highest BCUT2D eigenvalue weighted by Gasteiger charge is 2.12. The van der Waals surface area contributed by atoms with Crippen LogP contribution in [0.1, 0.15) is 40.3 Å². The smallest absolute Gasteiger partial charge is 0.130 e. The number of benzene rings is 1. The summed E-state index contributed by atoms with van der Waals surface area (Å²) in [5.41, 5.74) is 2.07. The van der Waals surface area contributed by atoms with Crippen molar-refractivity contribution in [1.82, 2.24) is 10.3 Å². The van der Waals surface area contributed by atoms with Crippen LogP contribution in [0, 0.1) is 0 Å². The van der Waals surface area contributed by atoms with Gasteiger partial charge < -0.3 is 10.1 Å². The summed E-state index contributed by atoms with van der Waals surface area (Å²) in [5, 5.41) is 4.54. The van der Waals surface area contributed by atoms with E-state index in [9.17, 15) is 0 Å². The van der Waals surface area contributed by atoms with Crippen LogP contribution in [-0.4, -0.2) is 16.6 Å². The SMILES string of the molecule is CC(C)Oc1cc(CNC(C)(C)C)nc2ccccc12. The van der Waals surface area contributed by atoms with Crippen LogP contribution in [0.15, 0.2) is 30.3 Å². The van der Waals surface area contributed by atoms with Gasteiger partial charge in [-0.05, 0) is 46.8 Å². The lowest BCUT2D eigenvalue weighted by molar-refractivity contribution is 0.245. The van der Waals surface area contributed by atoms with Crippen LogP contribution in [-0.2, 0) is 6.54 Å². The summed E-state index contributed by atoms with van der Waals surface area (Å²) in [6, 6.07) is 10.2. The molecular weight excluding hydrogens is 248 g/mol. The van der Waals surface area contributed by atoms with Crippen molar-refractivity contribution >= 4 is 10.9 Å². The molecule has 20 heavy (non-hydrogen) atoms. The molecule has 0 saturated heterocycles. The minimum absolute atomic E-state index is 0.0758. The monoisotopic (exact) mass is 272 g/mol. The molecule has 0 saturated carbocycles. The van der Waals surface area contributed by atoms with Gasteiger partial charge in [0.05, 0.1) is 17.3 Å². The molecule has 0 unspecified atom stereocenters. The van der Waals surface area contributed by atoms with E-state index in [0.717, 1.165) is 28.9 Å². The number of nitrogens with zero attached hydrogens (tertiary/aromatic N) is 1. The summed E-state index contributed by atoms with van der Waals surface area (Å²) >= 11 is 0. The topological polar surface area (TPSA) is 34.1 Å². The lowest BCUT2D eigenvalue weighted by atomic mass is 10.1. The molecule has 0 aliphatic heterocycles. The molecule has 0 bridgehead atoms. The molecule has 0 aliphatic rings. The van der Waals surface area contributed by atoms with Gasteiger partial charge in [0.2, 0.25) is 0 Å². The Labute approximate surface area is 121 Å². The first kappa shape index (κ1) is 14.8. The average Bonchev–Trinajstić information content (AvgIpc) is 2.35. The van der Waals surface area contributed by atoms with Gasteiger partial charge >= 0.3 is 0 Å². The van der Waals surface area contributed by atoms with Crippen LogP contribution in [0.5, 0.6) is 5.75 Å². The quantitative estimate of drug-likeness (QED) is 0.916. The maximum absolute atomic E-state index is 5.93. The van der Waals surface area contributed by atoms with Crippen LogP contribution in [0.25, 0.3) is 10.9 Å². The van der Waals surface area contributed by atoms with Crippen molar-refractivity contribution < 1.29 is 4.74 Å². The van der Waals surface area contributed by atoms with E-state index in [0.29, 0.717) is 0 Å². The van der Waals surface area contributed by atoms with Gasteiger partial charge in [-0.3, -0.25) is 4.98 Å². The Bertz CT molecular complexity index is 585. The zero-order valence-electron chi connectivity index (χ0n) is 13.0. The van der Waals surface area contributed by atoms with Crippen molar-refractivity contribution in [3.8, 4) is 5.75 Å². The maximum atomic E-state index is 5.93. The second-order valence-electron chi connectivity index (χ2n) is 6.40. The van der Waals surface area contributed by atoms with E-state index in [2.05, 4.69) is 32.2 Å².